The zero-order chi connectivity index (χ0) is 14.7. The van der Waals surface area contributed by atoms with Crippen molar-refractivity contribution in [1.29, 1.82) is 5.26 Å². The van der Waals surface area contributed by atoms with Crippen molar-refractivity contribution in [2.45, 2.75) is 37.9 Å². The van der Waals surface area contributed by atoms with Crippen LogP contribution < -0.4 is 0 Å². The van der Waals surface area contributed by atoms with E-state index in [0.29, 0.717) is 0 Å². The van der Waals surface area contributed by atoms with Crippen molar-refractivity contribution in [3.63, 3.8) is 0 Å². The van der Waals surface area contributed by atoms with Gasteiger partial charge in [0.1, 0.15) is 12.7 Å². The van der Waals surface area contributed by atoms with Gasteiger partial charge in [-0.2, -0.15) is 13.7 Å². The molecule has 1 aliphatic rings. The smallest absolute Gasteiger partial charge is 0.293 e. The second-order valence-corrected chi connectivity index (χ2v) is 6.05. The van der Waals surface area contributed by atoms with Crippen molar-refractivity contribution < 1.29 is 31.6 Å². The normalized spacial score (nSPS) is 27.5. The highest BCUT2D eigenvalue weighted by Gasteiger charge is 2.46. The molecule has 0 amide bonds. The lowest BCUT2D eigenvalue weighted by molar-refractivity contribution is -0.165. The number of hydrogen-bond acceptors (Lipinski definition) is 8. The molecule has 0 aliphatic carbocycles. The molecule has 0 saturated carbocycles. The fourth-order valence-electron chi connectivity index (χ4n) is 1.63. The number of carbonyl (C=O) groups excluding carboxylic acids is 1. The lowest BCUT2D eigenvalue weighted by atomic mass is 10.1. The van der Waals surface area contributed by atoms with Gasteiger partial charge in [0.15, 0.2) is 18.0 Å². The standard InChI is InChI=1S/C10H15NO7S/c1-10(2)17-7(4-11)9(18-10)8(15-6-12)5-16-19(3,13)14/h6-9H,5H2,1-3H3/t7-,8-,9-/m1/s1. The number of hydrogen-bond donors (Lipinski definition) is 0. The summed E-state index contributed by atoms with van der Waals surface area (Å²) in [6.45, 7) is 2.87. The molecule has 0 spiro atoms. The Morgan fingerprint density at radius 3 is 2.58 bits per heavy atom. The Morgan fingerprint density at radius 2 is 2.11 bits per heavy atom. The first-order valence-corrected chi connectivity index (χ1v) is 7.19. The molecule has 0 aromatic rings. The van der Waals surface area contributed by atoms with E-state index in [0.717, 1.165) is 6.26 Å². The summed E-state index contributed by atoms with van der Waals surface area (Å²) in [7, 11) is -3.70. The van der Waals surface area contributed by atoms with Crippen LogP contribution in [-0.2, 0) is 33.3 Å². The highest BCUT2D eigenvalue weighted by Crippen LogP contribution is 2.30. The SMILES string of the molecule is CC1(C)O[C@@H]([C@@H](COS(C)(=O)=O)OC=O)[C@@H](C#N)O1. The van der Waals surface area contributed by atoms with Crippen molar-refractivity contribution in [1.82, 2.24) is 0 Å². The topological polar surface area (TPSA) is 112 Å². The fourth-order valence-corrected chi connectivity index (χ4v) is 2.02. The summed E-state index contributed by atoms with van der Waals surface area (Å²) < 4.78 is 41.9. The number of nitrogens with zero attached hydrogens (tertiary/aromatic N) is 1. The van der Waals surface area contributed by atoms with Crippen LogP contribution in [0.5, 0.6) is 0 Å². The molecule has 0 unspecified atom stereocenters. The summed E-state index contributed by atoms with van der Waals surface area (Å²) in [5, 5.41) is 8.96. The van der Waals surface area contributed by atoms with E-state index in [1.54, 1.807) is 13.8 Å². The Balaban J connectivity index is 2.81. The van der Waals surface area contributed by atoms with Crippen LogP contribution >= 0.6 is 0 Å². The number of nitriles is 1. The molecule has 0 bridgehead atoms. The van der Waals surface area contributed by atoms with Crippen LogP contribution in [0.2, 0.25) is 0 Å². The third kappa shape index (κ3) is 4.76. The minimum atomic E-state index is -3.70. The lowest BCUT2D eigenvalue weighted by Crippen LogP contribution is -2.40. The zero-order valence-electron chi connectivity index (χ0n) is 10.7. The molecule has 9 heteroatoms. The molecule has 1 fully saturated rings. The highest BCUT2D eigenvalue weighted by molar-refractivity contribution is 7.85. The summed E-state index contributed by atoms with van der Waals surface area (Å²) in [6.07, 6.45) is -2.10. The molecular weight excluding hydrogens is 278 g/mol. The summed E-state index contributed by atoms with van der Waals surface area (Å²) in [5.74, 6) is -1.03. The highest BCUT2D eigenvalue weighted by atomic mass is 32.2. The van der Waals surface area contributed by atoms with Crippen LogP contribution in [0.4, 0.5) is 0 Å². The van der Waals surface area contributed by atoms with E-state index in [9.17, 15) is 13.2 Å². The van der Waals surface area contributed by atoms with Crippen molar-refractivity contribution in [2.75, 3.05) is 12.9 Å². The van der Waals surface area contributed by atoms with Crippen LogP contribution in [0.1, 0.15) is 13.8 Å². The predicted molar refractivity (Wildman–Crippen MR) is 61.2 cm³/mol. The largest absolute Gasteiger partial charge is 0.459 e. The quantitative estimate of drug-likeness (QED) is 0.478. The van der Waals surface area contributed by atoms with E-state index >= 15 is 0 Å². The van der Waals surface area contributed by atoms with Gasteiger partial charge in [-0.05, 0) is 13.8 Å². The molecule has 0 N–H and O–H groups in total. The van der Waals surface area contributed by atoms with Gasteiger partial charge in [0.05, 0.1) is 12.3 Å². The van der Waals surface area contributed by atoms with Crippen molar-refractivity contribution in [3.8, 4) is 6.07 Å². The summed E-state index contributed by atoms with van der Waals surface area (Å²) in [5.41, 5.74) is 0. The van der Waals surface area contributed by atoms with Gasteiger partial charge >= 0.3 is 0 Å². The Hall–Kier alpha value is -1.21. The Labute approximate surface area is 111 Å². The van der Waals surface area contributed by atoms with Crippen molar-refractivity contribution >= 4 is 16.6 Å². The molecule has 1 aliphatic heterocycles. The van der Waals surface area contributed by atoms with Gasteiger partial charge in [-0.1, -0.05) is 0 Å². The maximum absolute atomic E-state index is 10.9. The molecule has 1 saturated heterocycles. The molecule has 19 heavy (non-hydrogen) atoms. The number of carbonyl (C=O) groups is 1. The fraction of sp³-hybridized carbons (Fsp3) is 0.800. The molecule has 0 aromatic carbocycles. The van der Waals surface area contributed by atoms with E-state index in [-0.39, 0.29) is 6.47 Å². The maximum Gasteiger partial charge on any atom is 0.293 e. The summed E-state index contributed by atoms with van der Waals surface area (Å²) in [4.78, 5) is 10.4. The second-order valence-electron chi connectivity index (χ2n) is 4.41. The number of ether oxygens (including phenoxy) is 3. The molecule has 1 heterocycles. The van der Waals surface area contributed by atoms with Crippen LogP contribution in [0.3, 0.4) is 0 Å². The molecule has 0 radical (unpaired) electrons. The van der Waals surface area contributed by atoms with Crippen LogP contribution in [0.15, 0.2) is 0 Å². The Morgan fingerprint density at radius 1 is 1.47 bits per heavy atom. The van der Waals surface area contributed by atoms with Gasteiger partial charge in [-0.15, -0.1) is 0 Å². The maximum atomic E-state index is 10.9. The predicted octanol–water partition coefficient (Wildman–Crippen LogP) is -0.452. The van der Waals surface area contributed by atoms with Gasteiger partial charge in [0.25, 0.3) is 16.6 Å². The molecule has 8 nitrogen and oxygen atoms in total. The van der Waals surface area contributed by atoms with Gasteiger partial charge in [-0.3, -0.25) is 8.98 Å². The van der Waals surface area contributed by atoms with Gasteiger partial charge in [0.2, 0.25) is 0 Å². The molecule has 0 aromatic heterocycles. The minimum Gasteiger partial charge on any atom is -0.459 e. The van der Waals surface area contributed by atoms with Gasteiger partial charge < -0.3 is 14.2 Å². The van der Waals surface area contributed by atoms with Crippen molar-refractivity contribution in [3.05, 3.63) is 0 Å². The lowest BCUT2D eigenvalue weighted by Gasteiger charge is -2.22. The van der Waals surface area contributed by atoms with E-state index in [4.69, 9.17) is 19.5 Å². The van der Waals surface area contributed by atoms with Gasteiger partial charge in [0, 0.05) is 0 Å². The molecule has 3 atom stereocenters. The third-order valence-electron chi connectivity index (χ3n) is 2.30. The zero-order valence-corrected chi connectivity index (χ0v) is 11.5. The Bertz CT molecular complexity index is 467. The Kier molecular flexibility index (Phi) is 4.86. The van der Waals surface area contributed by atoms with E-state index in [1.165, 1.54) is 0 Å². The number of rotatable bonds is 6. The van der Waals surface area contributed by atoms with Crippen LogP contribution in [0, 0.1) is 11.3 Å². The summed E-state index contributed by atoms with van der Waals surface area (Å²) >= 11 is 0. The second kappa shape index (κ2) is 5.83. The van der Waals surface area contributed by atoms with E-state index in [2.05, 4.69) is 4.18 Å². The minimum absolute atomic E-state index is 0.138. The van der Waals surface area contributed by atoms with Crippen LogP contribution in [0.25, 0.3) is 0 Å². The first-order valence-electron chi connectivity index (χ1n) is 5.37. The molecule has 108 valence electrons. The van der Waals surface area contributed by atoms with Gasteiger partial charge in [-0.25, -0.2) is 0 Å². The molecule has 1 rings (SSSR count). The molecular formula is C10H15NO7S. The average Bonchev–Trinajstić information content (AvgIpc) is 2.58. The monoisotopic (exact) mass is 293 g/mol. The first-order chi connectivity index (χ1) is 8.68. The third-order valence-corrected chi connectivity index (χ3v) is 2.86. The summed E-state index contributed by atoms with van der Waals surface area (Å²) in [6, 6.07) is 1.86. The van der Waals surface area contributed by atoms with Crippen LogP contribution in [-0.4, -0.2) is 51.9 Å². The van der Waals surface area contributed by atoms with E-state index < -0.39 is 40.8 Å². The average molecular weight is 293 g/mol. The first kappa shape index (κ1) is 15.8. The van der Waals surface area contributed by atoms with E-state index in [1.807, 2.05) is 6.07 Å². The van der Waals surface area contributed by atoms with Crippen molar-refractivity contribution in [2.24, 2.45) is 0 Å².